The molecule has 0 aliphatic carbocycles. The summed E-state index contributed by atoms with van der Waals surface area (Å²) in [6.45, 7) is 6.52. The van der Waals surface area contributed by atoms with E-state index in [1.54, 1.807) is 0 Å². The highest BCUT2D eigenvalue weighted by atomic mass is 19.1. The largest absolute Gasteiger partial charge is 0.489 e. The Hall–Kier alpha value is -1.58. The van der Waals surface area contributed by atoms with Crippen molar-refractivity contribution in [3.05, 3.63) is 29.6 Å². The van der Waals surface area contributed by atoms with Crippen molar-refractivity contribution in [2.75, 3.05) is 6.61 Å². The van der Waals surface area contributed by atoms with Crippen molar-refractivity contribution in [2.45, 2.75) is 27.2 Å². The Labute approximate surface area is 107 Å². The van der Waals surface area contributed by atoms with Crippen LogP contribution < -0.4 is 4.74 Å². The van der Waals surface area contributed by atoms with Crippen molar-refractivity contribution in [3.63, 3.8) is 0 Å². The van der Waals surface area contributed by atoms with Gasteiger partial charge in [0, 0.05) is 0 Å². The normalized spacial score (nSPS) is 12.5. The van der Waals surface area contributed by atoms with Gasteiger partial charge in [-0.2, -0.15) is 0 Å². The van der Waals surface area contributed by atoms with E-state index < -0.39 is 11.8 Å². The molecule has 0 amide bonds. The number of hydrogen-bond donors (Lipinski definition) is 1. The van der Waals surface area contributed by atoms with Gasteiger partial charge in [-0.1, -0.05) is 26.8 Å². The molecule has 0 saturated carbocycles. The summed E-state index contributed by atoms with van der Waals surface area (Å²) in [6, 6.07) is 3.91. The minimum Gasteiger partial charge on any atom is -0.489 e. The van der Waals surface area contributed by atoms with Crippen molar-refractivity contribution in [1.29, 1.82) is 0 Å². The van der Waals surface area contributed by atoms with Crippen molar-refractivity contribution in [1.82, 2.24) is 0 Å². The molecule has 0 aromatic heterocycles. The molecule has 0 radical (unpaired) electrons. The van der Waals surface area contributed by atoms with Crippen LogP contribution in [0.5, 0.6) is 5.75 Å². The summed E-state index contributed by atoms with van der Waals surface area (Å²) in [5.41, 5.74) is -0.133. The first-order chi connectivity index (χ1) is 8.41. The lowest BCUT2D eigenvalue weighted by atomic mass is 10.00. The van der Waals surface area contributed by atoms with Gasteiger partial charge in [0.25, 0.3) is 0 Å². The standard InChI is InChI=1S/C14H19FO3/c1-9(2)7-10(3)8-18-13-11(14(16)17)5-4-6-12(13)15/h4-6,9-10H,7-8H2,1-3H3,(H,16,17). The van der Waals surface area contributed by atoms with E-state index in [2.05, 4.69) is 13.8 Å². The SMILES string of the molecule is CC(C)CC(C)COc1c(F)cccc1C(=O)O. The number of ether oxygens (including phenoxy) is 1. The monoisotopic (exact) mass is 254 g/mol. The smallest absolute Gasteiger partial charge is 0.339 e. The number of rotatable bonds is 6. The van der Waals surface area contributed by atoms with E-state index in [4.69, 9.17) is 9.84 Å². The fraction of sp³-hybridized carbons (Fsp3) is 0.500. The van der Waals surface area contributed by atoms with Gasteiger partial charge in [0.05, 0.1) is 6.61 Å². The molecule has 1 aromatic carbocycles. The quantitative estimate of drug-likeness (QED) is 0.844. The van der Waals surface area contributed by atoms with E-state index >= 15 is 0 Å². The average molecular weight is 254 g/mol. The Balaban J connectivity index is 2.75. The predicted octanol–water partition coefficient (Wildman–Crippen LogP) is 3.58. The Morgan fingerprint density at radius 3 is 2.61 bits per heavy atom. The molecule has 0 aliphatic heterocycles. The Morgan fingerprint density at radius 1 is 1.39 bits per heavy atom. The van der Waals surface area contributed by atoms with Crippen LogP contribution in [0, 0.1) is 17.7 Å². The van der Waals surface area contributed by atoms with Crippen LogP contribution in [0.4, 0.5) is 4.39 Å². The number of carbonyl (C=O) groups is 1. The minimum absolute atomic E-state index is 0.133. The van der Waals surface area contributed by atoms with Gasteiger partial charge >= 0.3 is 5.97 Å². The highest BCUT2D eigenvalue weighted by Gasteiger charge is 2.16. The average Bonchev–Trinajstić information content (AvgIpc) is 2.25. The van der Waals surface area contributed by atoms with E-state index in [1.165, 1.54) is 18.2 Å². The molecule has 18 heavy (non-hydrogen) atoms. The molecule has 0 fully saturated rings. The van der Waals surface area contributed by atoms with Gasteiger partial charge in [-0.25, -0.2) is 9.18 Å². The second kappa shape index (κ2) is 6.38. The molecule has 0 bridgehead atoms. The highest BCUT2D eigenvalue weighted by molar-refractivity contribution is 5.90. The van der Waals surface area contributed by atoms with E-state index in [0.717, 1.165) is 6.42 Å². The summed E-state index contributed by atoms with van der Waals surface area (Å²) in [6.07, 6.45) is 0.955. The van der Waals surface area contributed by atoms with Crippen LogP contribution in [0.1, 0.15) is 37.6 Å². The molecule has 0 spiro atoms. The lowest BCUT2D eigenvalue weighted by Crippen LogP contribution is -2.13. The third kappa shape index (κ3) is 4.02. The number of carboxylic acids is 1. The molecule has 0 aliphatic rings. The molecule has 1 unspecified atom stereocenters. The minimum atomic E-state index is -1.18. The van der Waals surface area contributed by atoms with Gasteiger partial charge in [0.2, 0.25) is 0 Å². The van der Waals surface area contributed by atoms with Crippen LogP contribution >= 0.6 is 0 Å². The van der Waals surface area contributed by atoms with E-state index in [-0.39, 0.29) is 17.2 Å². The summed E-state index contributed by atoms with van der Waals surface area (Å²) in [4.78, 5) is 10.9. The Bertz CT molecular complexity index is 416. The van der Waals surface area contributed by atoms with Crippen LogP contribution in [-0.2, 0) is 0 Å². The van der Waals surface area contributed by atoms with Gasteiger partial charge < -0.3 is 9.84 Å². The van der Waals surface area contributed by atoms with E-state index in [0.29, 0.717) is 12.5 Å². The van der Waals surface area contributed by atoms with Gasteiger partial charge in [0.15, 0.2) is 11.6 Å². The molecule has 0 saturated heterocycles. The fourth-order valence-electron chi connectivity index (χ4n) is 1.92. The molecule has 3 nitrogen and oxygen atoms in total. The number of carboxylic acid groups (broad SMARTS) is 1. The second-order valence-corrected chi connectivity index (χ2v) is 4.97. The Kier molecular flexibility index (Phi) is 5.13. The van der Waals surface area contributed by atoms with Gasteiger partial charge in [0.1, 0.15) is 5.56 Å². The zero-order valence-electron chi connectivity index (χ0n) is 10.9. The molecule has 4 heteroatoms. The van der Waals surface area contributed by atoms with E-state index in [1.807, 2.05) is 6.92 Å². The highest BCUT2D eigenvalue weighted by Crippen LogP contribution is 2.24. The first kappa shape index (κ1) is 14.5. The number of para-hydroxylation sites is 1. The van der Waals surface area contributed by atoms with Crippen molar-refractivity contribution in [2.24, 2.45) is 11.8 Å². The lowest BCUT2D eigenvalue weighted by molar-refractivity contribution is 0.0689. The third-order valence-corrected chi connectivity index (χ3v) is 2.58. The summed E-state index contributed by atoms with van der Waals surface area (Å²) in [5, 5.41) is 8.95. The van der Waals surface area contributed by atoms with Crippen LogP contribution in [0.3, 0.4) is 0 Å². The van der Waals surface area contributed by atoms with Crippen LogP contribution in [-0.4, -0.2) is 17.7 Å². The number of hydrogen-bond acceptors (Lipinski definition) is 2. The number of halogens is 1. The maximum atomic E-state index is 13.5. The summed E-state index contributed by atoms with van der Waals surface area (Å²) < 4.78 is 18.9. The molecular formula is C14H19FO3. The van der Waals surface area contributed by atoms with Crippen molar-refractivity contribution in [3.8, 4) is 5.75 Å². The number of aromatic carboxylic acids is 1. The second-order valence-electron chi connectivity index (χ2n) is 4.97. The topological polar surface area (TPSA) is 46.5 Å². The number of benzene rings is 1. The summed E-state index contributed by atoms with van der Waals surface area (Å²) >= 11 is 0. The van der Waals surface area contributed by atoms with Gasteiger partial charge in [-0.15, -0.1) is 0 Å². The molecule has 100 valence electrons. The maximum Gasteiger partial charge on any atom is 0.339 e. The maximum absolute atomic E-state index is 13.5. The van der Waals surface area contributed by atoms with E-state index in [9.17, 15) is 9.18 Å². The summed E-state index contributed by atoms with van der Waals surface area (Å²) in [7, 11) is 0. The first-order valence-electron chi connectivity index (χ1n) is 6.06. The van der Waals surface area contributed by atoms with Crippen molar-refractivity contribution < 1.29 is 19.0 Å². The first-order valence-corrected chi connectivity index (χ1v) is 6.06. The van der Waals surface area contributed by atoms with Crippen molar-refractivity contribution >= 4 is 5.97 Å². The third-order valence-electron chi connectivity index (χ3n) is 2.58. The zero-order valence-corrected chi connectivity index (χ0v) is 10.9. The Morgan fingerprint density at radius 2 is 2.06 bits per heavy atom. The molecule has 1 aromatic rings. The predicted molar refractivity (Wildman–Crippen MR) is 67.5 cm³/mol. The van der Waals surface area contributed by atoms with Crippen LogP contribution in [0.2, 0.25) is 0 Å². The zero-order chi connectivity index (χ0) is 13.7. The molecule has 1 rings (SSSR count). The molecule has 1 atom stereocenters. The fourth-order valence-corrected chi connectivity index (χ4v) is 1.92. The van der Waals surface area contributed by atoms with Crippen LogP contribution in [0.25, 0.3) is 0 Å². The molecule has 0 heterocycles. The van der Waals surface area contributed by atoms with Gasteiger partial charge in [-0.3, -0.25) is 0 Å². The molecule has 1 N–H and O–H groups in total. The molecular weight excluding hydrogens is 235 g/mol. The lowest BCUT2D eigenvalue weighted by Gasteiger charge is -2.16. The van der Waals surface area contributed by atoms with Gasteiger partial charge in [-0.05, 0) is 30.4 Å². The summed E-state index contributed by atoms with van der Waals surface area (Å²) in [5.74, 6) is -1.19. The van der Waals surface area contributed by atoms with Crippen LogP contribution in [0.15, 0.2) is 18.2 Å².